The van der Waals surface area contributed by atoms with Crippen LogP contribution in [0.3, 0.4) is 0 Å². The zero-order chi connectivity index (χ0) is 20.1. The Morgan fingerprint density at radius 3 is 2.57 bits per heavy atom. The molecule has 2 heterocycles. The van der Waals surface area contributed by atoms with Crippen molar-refractivity contribution in [1.82, 2.24) is 34.9 Å². The van der Waals surface area contributed by atoms with Gasteiger partial charge in [-0.1, -0.05) is 24.3 Å². The minimum Gasteiger partial charge on any atom is -0.339 e. The molecule has 1 aromatic carbocycles. The SMILES string of the molecule is Cc1ccccc1CN1CCN(C(=O)Cn2nnnc2CN(C)C(C)C)CC1. The Morgan fingerprint density at radius 1 is 1.18 bits per heavy atom. The van der Waals surface area contributed by atoms with Crippen LogP contribution >= 0.6 is 0 Å². The summed E-state index contributed by atoms with van der Waals surface area (Å²) in [6, 6.07) is 8.88. The van der Waals surface area contributed by atoms with Crippen molar-refractivity contribution in [2.24, 2.45) is 0 Å². The van der Waals surface area contributed by atoms with Crippen LogP contribution in [-0.2, 0) is 24.4 Å². The van der Waals surface area contributed by atoms with E-state index in [2.05, 4.69) is 70.4 Å². The predicted molar refractivity (Wildman–Crippen MR) is 107 cm³/mol. The van der Waals surface area contributed by atoms with Crippen molar-refractivity contribution in [2.45, 2.75) is 46.4 Å². The minimum atomic E-state index is 0.0799. The van der Waals surface area contributed by atoms with Crippen molar-refractivity contribution < 1.29 is 4.79 Å². The van der Waals surface area contributed by atoms with Gasteiger partial charge in [-0.15, -0.1) is 5.10 Å². The lowest BCUT2D eigenvalue weighted by atomic mass is 10.1. The highest BCUT2D eigenvalue weighted by molar-refractivity contribution is 5.76. The van der Waals surface area contributed by atoms with Gasteiger partial charge in [0.25, 0.3) is 0 Å². The molecule has 152 valence electrons. The fourth-order valence-electron chi connectivity index (χ4n) is 3.28. The number of aromatic nitrogens is 4. The molecule has 1 aliphatic heterocycles. The molecule has 1 saturated heterocycles. The molecule has 8 heteroatoms. The molecule has 0 aliphatic carbocycles. The molecule has 0 N–H and O–H groups in total. The number of aryl methyl sites for hydroxylation is 1. The second-order valence-electron chi connectivity index (χ2n) is 7.85. The number of benzene rings is 1. The molecule has 1 aromatic heterocycles. The van der Waals surface area contributed by atoms with Gasteiger partial charge in [-0.3, -0.25) is 14.6 Å². The molecule has 0 radical (unpaired) electrons. The first kappa shape index (κ1) is 20.4. The Hall–Kier alpha value is -2.32. The highest BCUT2D eigenvalue weighted by Crippen LogP contribution is 2.13. The largest absolute Gasteiger partial charge is 0.339 e. The van der Waals surface area contributed by atoms with Crippen molar-refractivity contribution in [2.75, 3.05) is 33.2 Å². The quantitative estimate of drug-likeness (QED) is 0.713. The molecule has 2 aromatic rings. The average Bonchev–Trinajstić information content (AvgIpc) is 3.10. The van der Waals surface area contributed by atoms with Crippen molar-refractivity contribution in [3.8, 4) is 0 Å². The number of piperazine rings is 1. The summed E-state index contributed by atoms with van der Waals surface area (Å²) in [5, 5.41) is 11.9. The van der Waals surface area contributed by atoms with Gasteiger partial charge in [-0.2, -0.15) is 0 Å². The van der Waals surface area contributed by atoms with Gasteiger partial charge in [0.15, 0.2) is 5.82 Å². The molecule has 8 nitrogen and oxygen atoms in total. The number of tetrazole rings is 1. The molecule has 1 aliphatic rings. The van der Waals surface area contributed by atoms with Gasteiger partial charge in [-0.05, 0) is 49.4 Å². The van der Waals surface area contributed by atoms with E-state index in [1.807, 2.05) is 11.9 Å². The van der Waals surface area contributed by atoms with Crippen LogP contribution in [0.2, 0.25) is 0 Å². The van der Waals surface area contributed by atoms with E-state index in [0.717, 1.165) is 38.5 Å². The normalized spacial score (nSPS) is 15.6. The lowest BCUT2D eigenvalue weighted by Gasteiger charge is -2.35. The highest BCUT2D eigenvalue weighted by Gasteiger charge is 2.23. The number of hydrogen-bond donors (Lipinski definition) is 0. The van der Waals surface area contributed by atoms with Crippen LogP contribution in [0, 0.1) is 6.92 Å². The Morgan fingerprint density at radius 2 is 1.89 bits per heavy atom. The van der Waals surface area contributed by atoms with Crippen LogP contribution in [0.1, 0.15) is 30.8 Å². The van der Waals surface area contributed by atoms with Gasteiger partial charge in [0, 0.05) is 38.8 Å². The summed E-state index contributed by atoms with van der Waals surface area (Å²) in [5.74, 6) is 0.805. The third-order valence-corrected chi connectivity index (χ3v) is 5.54. The number of nitrogens with zero attached hydrogens (tertiary/aromatic N) is 7. The van der Waals surface area contributed by atoms with Crippen molar-refractivity contribution in [3.63, 3.8) is 0 Å². The number of rotatable bonds is 7. The summed E-state index contributed by atoms with van der Waals surface area (Å²) in [6.07, 6.45) is 0. The zero-order valence-electron chi connectivity index (χ0n) is 17.4. The van der Waals surface area contributed by atoms with Crippen molar-refractivity contribution in [3.05, 3.63) is 41.2 Å². The van der Waals surface area contributed by atoms with E-state index in [-0.39, 0.29) is 12.5 Å². The molecule has 0 unspecified atom stereocenters. The van der Waals surface area contributed by atoms with Gasteiger partial charge in [-0.25, -0.2) is 4.68 Å². The third-order valence-electron chi connectivity index (χ3n) is 5.54. The molecule has 0 saturated carbocycles. The first-order valence-corrected chi connectivity index (χ1v) is 9.94. The molecule has 1 amide bonds. The van der Waals surface area contributed by atoms with Crippen LogP contribution in [0.4, 0.5) is 0 Å². The van der Waals surface area contributed by atoms with E-state index in [9.17, 15) is 4.79 Å². The number of carbonyl (C=O) groups is 1. The smallest absolute Gasteiger partial charge is 0.244 e. The maximum absolute atomic E-state index is 12.7. The molecule has 3 rings (SSSR count). The average molecular weight is 386 g/mol. The predicted octanol–water partition coefficient (Wildman–Crippen LogP) is 1.17. The first-order valence-electron chi connectivity index (χ1n) is 9.94. The number of hydrogen-bond acceptors (Lipinski definition) is 6. The van der Waals surface area contributed by atoms with Crippen LogP contribution in [0.5, 0.6) is 0 Å². The van der Waals surface area contributed by atoms with Gasteiger partial charge in [0.2, 0.25) is 5.91 Å². The van der Waals surface area contributed by atoms with E-state index >= 15 is 0 Å². The maximum atomic E-state index is 12.7. The fourth-order valence-corrected chi connectivity index (χ4v) is 3.28. The molecule has 1 fully saturated rings. The van der Waals surface area contributed by atoms with Gasteiger partial charge in [0.1, 0.15) is 6.54 Å². The number of amides is 1. The van der Waals surface area contributed by atoms with E-state index in [4.69, 9.17) is 0 Å². The number of carbonyl (C=O) groups excluding carboxylic acids is 1. The Balaban J connectivity index is 1.51. The monoisotopic (exact) mass is 385 g/mol. The second kappa shape index (κ2) is 9.25. The summed E-state index contributed by atoms with van der Waals surface area (Å²) in [4.78, 5) is 19.2. The second-order valence-corrected chi connectivity index (χ2v) is 7.85. The molecule has 0 bridgehead atoms. The molecular weight excluding hydrogens is 354 g/mol. The summed E-state index contributed by atoms with van der Waals surface area (Å²) in [6.45, 7) is 11.4. The zero-order valence-corrected chi connectivity index (χ0v) is 17.4. The van der Waals surface area contributed by atoms with E-state index in [0.29, 0.717) is 12.6 Å². The van der Waals surface area contributed by atoms with Crippen molar-refractivity contribution in [1.29, 1.82) is 0 Å². The van der Waals surface area contributed by atoms with Gasteiger partial charge >= 0.3 is 0 Å². The van der Waals surface area contributed by atoms with Crippen LogP contribution in [0.25, 0.3) is 0 Å². The van der Waals surface area contributed by atoms with Gasteiger partial charge < -0.3 is 4.90 Å². The van der Waals surface area contributed by atoms with Crippen molar-refractivity contribution >= 4 is 5.91 Å². The van der Waals surface area contributed by atoms with Crippen LogP contribution in [0.15, 0.2) is 24.3 Å². The van der Waals surface area contributed by atoms with Crippen LogP contribution < -0.4 is 0 Å². The van der Waals surface area contributed by atoms with E-state index in [1.54, 1.807) is 4.68 Å². The Bertz CT molecular complexity index is 780. The van der Waals surface area contributed by atoms with Crippen LogP contribution in [-0.4, -0.2) is 80.1 Å². The van der Waals surface area contributed by atoms with E-state index in [1.165, 1.54) is 11.1 Å². The Kier molecular flexibility index (Phi) is 6.74. The van der Waals surface area contributed by atoms with E-state index < -0.39 is 0 Å². The summed E-state index contributed by atoms with van der Waals surface area (Å²) >= 11 is 0. The topological polar surface area (TPSA) is 70.4 Å². The highest BCUT2D eigenvalue weighted by atomic mass is 16.2. The first-order chi connectivity index (χ1) is 13.4. The maximum Gasteiger partial charge on any atom is 0.244 e. The standard InChI is InChI=1S/C20H31N7O/c1-16(2)24(4)14-19-21-22-23-27(19)15-20(28)26-11-9-25(10-12-26)13-18-8-6-5-7-17(18)3/h5-8,16H,9-15H2,1-4H3. The lowest BCUT2D eigenvalue weighted by molar-refractivity contribution is -0.134. The molecular formula is C20H31N7O. The summed E-state index contributed by atoms with van der Waals surface area (Å²) in [5.41, 5.74) is 2.67. The third kappa shape index (κ3) is 5.14. The molecule has 0 spiro atoms. The molecule has 0 atom stereocenters. The lowest BCUT2D eigenvalue weighted by Crippen LogP contribution is -2.49. The fraction of sp³-hybridized carbons (Fsp3) is 0.600. The molecule has 28 heavy (non-hydrogen) atoms. The summed E-state index contributed by atoms with van der Waals surface area (Å²) in [7, 11) is 2.03. The van der Waals surface area contributed by atoms with Gasteiger partial charge in [0.05, 0.1) is 6.54 Å². The Labute approximate surface area is 167 Å². The minimum absolute atomic E-state index is 0.0799. The summed E-state index contributed by atoms with van der Waals surface area (Å²) < 4.78 is 1.63.